The van der Waals surface area contributed by atoms with E-state index in [0.29, 0.717) is 6.42 Å². The monoisotopic (exact) mass is 241 g/mol. The van der Waals surface area contributed by atoms with E-state index in [0.717, 1.165) is 11.1 Å². The summed E-state index contributed by atoms with van der Waals surface area (Å²) in [5.74, 6) is 0. The molecule has 0 fully saturated rings. The van der Waals surface area contributed by atoms with Crippen LogP contribution in [0.25, 0.3) is 0 Å². The Morgan fingerprint density at radius 3 is 1.67 bits per heavy atom. The number of benzene rings is 2. The van der Waals surface area contributed by atoms with E-state index in [1.165, 1.54) is 0 Å². The van der Waals surface area contributed by atoms with Crippen LogP contribution in [0.5, 0.6) is 0 Å². The van der Waals surface area contributed by atoms with Gasteiger partial charge >= 0.3 is 0 Å². The second kappa shape index (κ2) is 5.34. The molecule has 0 spiro atoms. The summed E-state index contributed by atoms with van der Waals surface area (Å²) in [4.78, 5) is 0. The molecule has 0 aliphatic rings. The summed E-state index contributed by atoms with van der Waals surface area (Å²) < 4.78 is 0. The fourth-order valence-electron chi connectivity index (χ4n) is 2.27. The van der Waals surface area contributed by atoms with Crippen molar-refractivity contribution >= 4 is 0 Å². The molecule has 0 aliphatic heterocycles. The molecule has 3 N–H and O–H groups in total. The van der Waals surface area contributed by atoms with Crippen LogP contribution in [-0.4, -0.2) is 11.1 Å². The Morgan fingerprint density at radius 2 is 1.33 bits per heavy atom. The molecule has 2 rings (SSSR count). The average Bonchev–Trinajstić information content (AvgIpc) is 2.47. The lowest BCUT2D eigenvalue weighted by Gasteiger charge is -2.34. The molecule has 2 aromatic rings. The van der Waals surface area contributed by atoms with Crippen molar-refractivity contribution in [2.75, 3.05) is 0 Å². The fraction of sp³-hybridized carbons (Fsp3) is 0.250. The van der Waals surface area contributed by atoms with Gasteiger partial charge in [-0.2, -0.15) is 0 Å². The van der Waals surface area contributed by atoms with E-state index in [1.54, 1.807) is 0 Å². The molecule has 18 heavy (non-hydrogen) atoms. The molecule has 2 aromatic carbocycles. The Morgan fingerprint density at radius 1 is 0.944 bits per heavy atom. The first-order valence-corrected chi connectivity index (χ1v) is 6.28. The van der Waals surface area contributed by atoms with Gasteiger partial charge in [-0.25, -0.2) is 0 Å². The van der Waals surface area contributed by atoms with E-state index in [1.807, 2.05) is 67.6 Å². The number of hydrogen-bond acceptors (Lipinski definition) is 2. The predicted octanol–water partition coefficient (Wildman–Crippen LogP) is 2.66. The van der Waals surface area contributed by atoms with E-state index in [2.05, 4.69) is 0 Å². The highest BCUT2D eigenvalue weighted by Crippen LogP contribution is 2.33. The summed E-state index contributed by atoms with van der Waals surface area (Å²) in [6, 6.07) is 18.9. The molecule has 2 heteroatoms. The van der Waals surface area contributed by atoms with Crippen molar-refractivity contribution in [3.63, 3.8) is 0 Å². The summed E-state index contributed by atoms with van der Waals surface area (Å²) in [6.07, 6.45) is 0.709. The van der Waals surface area contributed by atoms with Gasteiger partial charge in [-0.3, -0.25) is 0 Å². The molecule has 0 saturated heterocycles. The number of rotatable bonds is 4. The second-order valence-electron chi connectivity index (χ2n) is 4.51. The van der Waals surface area contributed by atoms with Crippen LogP contribution in [0, 0.1) is 0 Å². The Hall–Kier alpha value is -1.64. The Labute approximate surface area is 108 Å². The zero-order valence-electron chi connectivity index (χ0n) is 10.6. The Kier molecular flexibility index (Phi) is 3.80. The molecule has 0 unspecified atom stereocenters. The van der Waals surface area contributed by atoms with Crippen molar-refractivity contribution in [3.05, 3.63) is 71.8 Å². The predicted molar refractivity (Wildman–Crippen MR) is 74.1 cm³/mol. The third-order valence-electron chi connectivity index (χ3n) is 3.40. The van der Waals surface area contributed by atoms with Crippen molar-refractivity contribution in [1.29, 1.82) is 0 Å². The van der Waals surface area contributed by atoms with Crippen LogP contribution in [0.4, 0.5) is 0 Å². The van der Waals surface area contributed by atoms with Gasteiger partial charge < -0.3 is 10.8 Å². The Balaban J connectivity index is 2.55. The molecule has 0 heterocycles. The minimum Gasteiger partial charge on any atom is -0.379 e. The Bertz CT molecular complexity index is 441. The van der Waals surface area contributed by atoms with Gasteiger partial charge in [0.05, 0.1) is 0 Å². The molecule has 0 aliphatic carbocycles. The molecule has 2 nitrogen and oxygen atoms in total. The van der Waals surface area contributed by atoms with E-state index in [-0.39, 0.29) is 6.04 Å². The maximum atomic E-state index is 11.1. The molecule has 0 saturated carbocycles. The van der Waals surface area contributed by atoms with Gasteiger partial charge in [0.1, 0.15) is 5.60 Å². The maximum absolute atomic E-state index is 11.1. The maximum Gasteiger partial charge on any atom is 0.130 e. The molecule has 0 aromatic heterocycles. The minimum absolute atomic E-state index is 0.331. The molecular formula is C16H19NO. The summed E-state index contributed by atoms with van der Waals surface area (Å²) >= 11 is 0. The van der Waals surface area contributed by atoms with E-state index in [9.17, 15) is 5.11 Å². The second-order valence-corrected chi connectivity index (χ2v) is 4.51. The van der Waals surface area contributed by atoms with E-state index in [4.69, 9.17) is 5.73 Å². The topological polar surface area (TPSA) is 46.2 Å². The van der Waals surface area contributed by atoms with Gasteiger partial charge in [0.2, 0.25) is 0 Å². The van der Waals surface area contributed by atoms with Crippen LogP contribution >= 0.6 is 0 Å². The van der Waals surface area contributed by atoms with E-state index >= 15 is 0 Å². The molecular weight excluding hydrogens is 222 g/mol. The van der Waals surface area contributed by atoms with Gasteiger partial charge in [0, 0.05) is 6.04 Å². The first kappa shape index (κ1) is 12.8. The van der Waals surface area contributed by atoms with Crippen LogP contribution in [0.15, 0.2) is 60.7 Å². The lowest BCUT2D eigenvalue weighted by Crippen LogP contribution is -2.46. The summed E-state index contributed by atoms with van der Waals surface area (Å²) in [7, 11) is 0. The summed E-state index contributed by atoms with van der Waals surface area (Å²) in [5, 5.41) is 11.1. The van der Waals surface area contributed by atoms with Gasteiger partial charge in [-0.1, -0.05) is 67.6 Å². The normalized spacial score (nSPS) is 13.3. The summed E-state index contributed by atoms with van der Waals surface area (Å²) in [5.41, 5.74) is 6.71. The minimum atomic E-state index is -1.13. The van der Waals surface area contributed by atoms with Crippen molar-refractivity contribution in [2.24, 2.45) is 5.73 Å². The zero-order valence-corrected chi connectivity index (χ0v) is 10.6. The summed E-state index contributed by atoms with van der Waals surface area (Å²) in [6.45, 7) is 1.99. The highest BCUT2D eigenvalue weighted by atomic mass is 16.3. The van der Waals surface area contributed by atoms with Gasteiger partial charge in [0.15, 0.2) is 0 Å². The van der Waals surface area contributed by atoms with Crippen molar-refractivity contribution in [2.45, 2.75) is 25.0 Å². The quantitative estimate of drug-likeness (QED) is 0.864. The molecule has 94 valence electrons. The standard InChI is InChI=1S/C16H19NO/c1-2-15(17)16(18,13-9-5-3-6-10-13)14-11-7-4-8-12-14/h3-12,15,18H,2,17H2,1H3/t15-/m1/s1. The van der Waals surface area contributed by atoms with Crippen LogP contribution in [0.3, 0.4) is 0 Å². The molecule has 0 bridgehead atoms. The average molecular weight is 241 g/mol. The lowest BCUT2D eigenvalue weighted by atomic mass is 9.79. The first-order chi connectivity index (χ1) is 8.69. The highest BCUT2D eigenvalue weighted by Gasteiger charge is 2.36. The number of hydrogen-bond donors (Lipinski definition) is 2. The fourth-order valence-corrected chi connectivity index (χ4v) is 2.27. The van der Waals surface area contributed by atoms with Crippen molar-refractivity contribution in [3.8, 4) is 0 Å². The van der Waals surface area contributed by atoms with Gasteiger partial charge in [-0.15, -0.1) is 0 Å². The lowest BCUT2D eigenvalue weighted by molar-refractivity contribution is 0.0503. The smallest absolute Gasteiger partial charge is 0.130 e. The third-order valence-corrected chi connectivity index (χ3v) is 3.40. The number of aliphatic hydroxyl groups is 1. The molecule has 0 amide bonds. The third kappa shape index (κ3) is 2.17. The van der Waals surface area contributed by atoms with Gasteiger partial charge in [0.25, 0.3) is 0 Å². The first-order valence-electron chi connectivity index (χ1n) is 6.28. The molecule has 0 radical (unpaired) electrons. The largest absolute Gasteiger partial charge is 0.379 e. The van der Waals surface area contributed by atoms with Crippen LogP contribution in [0.1, 0.15) is 24.5 Å². The van der Waals surface area contributed by atoms with Gasteiger partial charge in [-0.05, 0) is 17.5 Å². The van der Waals surface area contributed by atoms with Crippen LogP contribution in [-0.2, 0) is 5.60 Å². The zero-order chi connectivity index (χ0) is 13.0. The van der Waals surface area contributed by atoms with Crippen LogP contribution in [0.2, 0.25) is 0 Å². The van der Waals surface area contributed by atoms with Crippen molar-refractivity contribution in [1.82, 2.24) is 0 Å². The van der Waals surface area contributed by atoms with Crippen molar-refractivity contribution < 1.29 is 5.11 Å². The van der Waals surface area contributed by atoms with E-state index < -0.39 is 5.60 Å². The molecule has 1 atom stereocenters. The van der Waals surface area contributed by atoms with Crippen LogP contribution < -0.4 is 5.73 Å². The SMILES string of the molecule is CC[C@@H](N)C(O)(c1ccccc1)c1ccccc1. The number of nitrogens with two attached hydrogens (primary N) is 1. The highest BCUT2D eigenvalue weighted by molar-refractivity contribution is 5.37.